The maximum absolute atomic E-state index is 14.1. The molecule has 0 saturated heterocycles. The van der Waals surface area contributed by atoms with Crippen LogP contribution in [0.25, 0.3) is 0 Å². The van der Waals surface area contributed by atoms with Gasteiger partial charge in [-0.3, -0.25) is 4.90 Å². The molecule has 0 aliphatic rings. The van der Waals surface area contributed by atoms with E-state index in [2.05, 4.69) is 17.0 Å². The lowest BCUT2D eigenvalue weighted by atomic mass is 10.1. The number of hydrogen-bond acceptors (Lipinski definition) is 4. The summed E-state index contributed by atoms with van der Waals surface area (Å²) in [5.41, 5.74) is 0.989. The van der Waals surface area contributed by atoms with Crippen LogP contribution in [0.15, 0.2) is 58.5 Å². The molecule has 0 amide bonds. The monoisotopic (exact) mass is 326 g/mol. The van der Waals surface area contributed by atoms with Crippen molar-refractivity contribution in [2.75, 3.05) is 0 Å². The Morgan fingerprint density at radius 1 is 1.13 bits per heavy atom. The standard InChI is InChI=1S/C18H15FN2OS/c19-18-6-5-14(10-20)9-15(18)11-21(12-16-3-1-7-22-16)13-17-4-2-8-23-17/h1-9H,11-13H2. The number of nitrogens with zero attached hydrogens (tertiary/aromatic N) is 2. The SMILES string of the molecule is N#Cc1ccc(F)c(CN(Cc2ccco2)Cc2cccs2)c1. The third-order valence-corrected chi connectivity index (χ3v) is 4.35. The number of thiophene rings is 1. The Balaban J connectivity index is 1.81. The van der Waals surface area contributed by atoms with E-state index in [1.54, 1.807) is 23.7 Å². The lowest BCUT2D eigenvalue weighted by Gasteiger charge is -2.21. The van der Waals surface area contributed by atoms with Crippen LogP contribution in [0.1, 0.15) is 21.8 Å². The van der Waals surface area contributed by atoms with Crippen LogP contribution >= 0.6 is 11.3 Å². The van der Waals surface area contributed by atoms with Crippen molar-refractivity contribution in [3.8, 4) is 6.07 Å². The Morgan fingerprint density at radius 2 is 2.04 bits per heavy atom. The van der Waals surface area contributed by atoms with E-state index in [4.69, 9.17) is 9.68 Å². The molecule has 0 atom stereocenters. The van der Waals surface area contributed by atoms with Crippen LogP contribution < -0.4 is 0 Å². The highest BCUT2D eigenvalue weighted by atomic mass is 32.1. The van der Waals surface area contributed by atoms with Crippen molar-refractivity contribution in [2.24, 2.45) is 0 Å². The van der Waals surface area contributed by atoms with Gasteiger partial charge in [0.2, 0.25) is 0 Å². The van der Waals surface area contributed by atoms with E-state index in [9.17, 15) is 4.39 Å². The third kappa shape index (κ3) is 4.07. The summed E-state index contributed by atoms with van der Waals surface area (Å²) >= 11 is 1.67. The fraction of sp³-hybridized carbons (Fsp3) is 0.167. The Hall–Kier alpha value is -2.42. The third-order valence-electron chi connectivity index (χ3n) is 3.49. The normalized spacial score (nSPS) is 10.8. The lowest BCUT2D eigenvalue weighted by molar-refractivity contribution is 0.226. The van der Waals surface area contributed by atoms with Gasteiger partial charge in [-0.1, -0.05) is 6.07 Å². The van der Waals surface area contributed by atoms with Gasteiger partial charge in [-0.05, 0) is 41.8 Å². The number of halogens is 1. The van der Waals surface area contributed by atoms with Crippen LogP contribution in [0, 0.1) is 17.1 Å². The molecular weight excluding hydrogens is 311 g/mol. The Labute approximate surface area is 138 Å². The first-order chi connectivity index (χ1) is 11.2. The van der Waals surface area contributed by atoms with Crippen LogP contribution in [0.5, 0.6) is 0 Å². The highest BCUT2D eigenvalue weighted by molar-refractivity contribution is 7.09. The van der Waals surface area contributed by atoms with Gasteiger partial charge in [0.1, 0.15) is 11.6 Å². The second kappa shape index (κ2) is 7.23. The number of furan rings is 1. The predicted octanol–water partition coefficient (Wildman–Crippen LogP) is 4.55. The van der Waals surface area contributed by atoms with E-state index in [-0.39, 0.29) is 5.82 Å². The molecule has 1 aromatic carbocycles. The van der Waals surface area contributed by atoms with Gasteiger partial charge in [0.05, 0.1) is 24.4 Å². The Morgan fingerprint density at radius 3 is 2.74 bits per heavy atom. The van der Waals surface area contributed by atoms with Gasteiger partial charge >= 0.3 is 0 Å². The molecule has 0 aliphatic heterocycles. The summed E-state index contributed by atoms with van der Waals surface area (Å²) in [6, 6.07) is 14.3. The first-order valence-corrected chi connectivity index (χ1v) is 8.08. The van der Waals surface area contributed by atoms with Crippen molar-refractivity contribution >= 4 is 11.3 Å². The molecule has 116 valence electrons. The zero-order chi connectivity index (χ0) is 16.1. The molecule has 0 fully saturated rings. The van der Waals surface area contributed by atoms with Crippen molar-refractivity contribution in [1.82, 2.24) is 4.90 Å². The molecule has 0 bridgehead atoms. The molecule has 0 aliphatic carbocycles. The Kier molecular flexibility index (Phi) is 4.86. The second-order valence-corrected chi connectivity index (χ2v) is 6.25. The number of nitriles is 1. The summed E-state index contributed by atoms with van der Waals surface area (Å²) in [4.78, 5) is 3.30. The largest absolute Gasteiger partial charge is 0.468 e. The number of rotatable bonds is 6. The molecule has 0 unspecified atom stereocenters. The van der Waals surface area contributed by atoms with Crippen LogP contribution in [0.3, 0.4) is 0 Å². The number of benzene rings is 1. The van der Waals surface area contributed by atoms with Crippen molar-refractivity contribution in [2.45, 2.75) is 19.6 Å². The summed E-state index contributed by atoms with van der Waals surface area (Å²) in [6.07, 6.45) is 1.63. The summed E-state index contributed by atoms with van der Waals surface area (Å²) < 4.78 is 19.5. The molecule has 0 N–H and O–H groups in total. The highest BCUT2D eigenvalue weighted by Crippen LogP contribution is 2.19. The molecule has 5 heteroatoms. The van der Waals surface area contributed by atoms with Crippen molar-refractivity contribution < 1.29 is 8.81 Å². The highest BCUT2D eigenvalue weighted by Gasteiger charge is 2.13. The zero-order valence-corrected chi connectivity index (χ0v) is 13.2. The van der Waals surface area contributed by atoms with Gasteiger partial charge in [-0.2, -0.15) is 5.26 Å². The fourth-order valence-electron chi connectivity index (χ4n) is 2.42. The van der Waals surface area contributed by atoms with Gasteiger partial charge in [0, 0.05) is 23.5 Å². The van der Waals surface area contributed by atoms with Crippen LogP contribution in [0.4, 0.5) is 4.39 Å². The van der Waals surface area contributed by atoms with E-state index in [1.165, 1.54) is 17.0 Å². The first-order valence-electron chi connectivity index (χ1n) is 7.20. The molecule has 3 rings (SSSR count). The summed E-state index contributed by atoms with van der Waals surface area (Å²) in [7, 11) is 0. The van der Waals surface area contributed by atoms with Crippen molar-refractivity contribution in [3.05, 3.63) is 81.7 Å². The first kappa shape index (κ1) is 15.5. The van der Waals surface area contributed by atoms with Crippen LogP contribution in [-0.2, 0) is 19.6 Å². The maximum Gasteiger partial charge on any atom is 0.127 e. The quantitative estimate of drug-likeness (QED) is 0.667. The van der Waals surface area contributed by atoms with Crippen molar-refractivity contribution in [3.63, 3.8) is 0 Å². The molecule has 0 radical (unpaired) electrons. The predicted molar refractivity (Wildman–Crippen MR) is 87.1 cm³/mol. The molecule has 3 aromatic rings. The van der Waals surface area contributed by atoms with E-state index in [0.29, 0.717) is 30.8 Å². The van der Waals surface area contributed by atoms with E-state index in [0.717, 1.165) is 5.76 Å². The molecule has 0 saturated carbocycles. The average molecular weight is 326 g/mol. The topological polar surface area (TPSA) is 40.2 Å². The number of hydrogen-bond donors (Lipinski definition) is 0. The van der Waals surface area contributed by atoms with Gasteiger partial charge in [0.25, 0.3) is 0 Å². The second-order valence-electron chi connectivity index (χ2n) is 5.22. The summed E-state index contributed by atoms with van der Waals surface area (Å²) in [5.74, 6) is 0.540. The van der Waals surface area contributed by atoms with Crippen molar-refractivity contribution in [1.29, 1.82) is 5.26 Å². The zero-order valence-electron chi connectivity index (χ0n) is 12.4. The smallest absolute Gasteiger partial charge is 0.127 e. The van der Waals surface area contributed by atoms with Gasteiger partial charge in [-0.25, -0.2) is 4.39 Å². The lowest BCUT2D eigenvalue weighted by Crippen LogP contribution is -2.22. The maximum atomic E-state index is 14.1. The molecule has 3 nitrogen and oxygen atoms in total. The fourth-order valence-corrected chi connectivity index (χ4v) is 3.17. The van der Waals surface area contributed by atoms with E-state index < -0.39 is 0 Å². The van der Waals surface area contributed by atoms with Gasteiger partial charge < -0.3 is 4.42 Å². The van der Waals surface area contributed by atoms with Crippen LogP contribution in [-0.4, -0.2) is 4.90 Å². The molecule has 2 aromatic heterocycles. The van der Waals surface area contributed by atoms with Crippen LogP contribution in [0.2, 0.25) is 0 Å². The van der Waals surface area contributed by atoms with Gasteiger partial charge in [-0.15, -0.1) is 11.3 Å². The molecular formula is C18H15FN2OS. The Bertz CT molecular complexity index is 755. The molecule has 23 heavy (non-hydrogen) atoms. The summed E-state index contributed by atoms with van der Waals surface area (Å²) in [5, 5.41) is 11.0. The minimum Gasteiger partial charge on any atom is -0.468 e. The van der Waals surface area contributed by atoms with E-state index >= 15 is 0 Å². The minimum absolute atomic E-state index is 0.292. The molecule has 2 heterocycles. The molecule has 0 spiro atoms. The summed E-state index contributed by atoms with van der Waals surface area (Å²) in [6.45, 7) is 1.70. The van der Waals surface area contributed by atoms with Gasteiger partial charge in [0.15, 0.2) is 0 Å². The van der Waals surface area contributed by atoms with E-state index in [1.807, 2.05) is 23.6 Å². The average Bonchev–Trinajstić information content (AvgIpc) is 3.23. The minimum atomic E-state index is -0.292.